The summed E-state index contributed by atoms with van der Waals surface area (Å²) >= 11 is 0. The second kappa shape index (κ2) is 4.75. The average Bonchev–Trinajstić information content (AvgIpc) is 2.26. The fourth-order valence-electron chi connectivity index (χ4n) is 2.58. The third-order valence-corrected chi connectivity index (χ3v) is 3.93. The van der Waals surface area contributed by atoms with E-state index < -0.39 is 0 Å². The van der Waals surface area contributed by atoms with E-state index in [2.05, 4.69) is 0 Å². The molecule has 1 fully saturated rings. The van der Waals surface area contributed by atoms with E-state index in [1.807, 2.05) is 6.92 Å². The number of methoxy groups -OCH3 is 1. The lowest BCUT2D eigenvalue weighted by molar-refractivity contribution is -0.0817. The Morgan fingerprint density at radius 3 is 2.71 bits per heavy atom. The molecule has 1 aliphatic rings. The van der Waals surface area contributed by atoms with Crippen molar-refractivity contribution in [2.45, 2.75) is 44.2 Å². The maximum Gasteiger partial charge on any atom is 0.123 e. The van der Waals surface area contributed by atoms with Crippen LogP contribution in [0.15, 0.2) is 18.2 Å². The summed E-state index contributed by atoms with van der Waals surface area (Å²) in [5.74, 6) is -0.221. The van der Waals surface area contributed by atoms with Crippen LogP contribution in [0.4, 0.5) is 4.39 Å². The minimum Gasteiger partial charge on any atom is -0.378 e. The van der Waals surface area contributed by atoms with E-state index in [0.717, 1.165) is 30.4 Å². The Balaban J connectivity index is 2.13. The van der Waals surface area contributed by atoms with Crippen LogP contribution in [-0.4, -0.2) is 12.7 Å². The first kappa shape index (κ1) is 12.5. The van der Waals surface area contributed by atoms with Gasteiger partial charge in [-0.2, -0.15) is 0 Å². The number of aryl methyl sites for hydroxylation is 1. The maximum atomic E-state index is 13.2. The van der Waals surface area contributed by atoms with Crippen molar-refractivity contribution >= 4 is 0 Å². The summed E-state index contributed by atoms with van der Waals surface area (Å²) in [6.07, 6.45) is 4.09. The molecule has 1 unspecified atom stereocenters. The lowest BCUT2D eigenvalue weighted by Gasteiger charge is -2.42. The summed E-state index contributed by atoms with van der Waals surface area (Å²) in [7, 11) is 1.74. The molecule has 0 aliphatic heterocycles. The number of hydrogen-bond acceptors (Lipinski definition) is 2. The zero-order chi connectivity index (χ0) is 12.5. The van der Waals surface area contributed by atoms with Crippen LogP contribution in [0.3, 0.4) is 0 Å². The molecule has 2 nitrogen and oxygen atoms in total. The molecule has 2 N–H and O–H groups in total. The molecular weight excluding hydrogens is 217 g/mol. The molecule has 17 heavy (non-hydrogen) atoms. The standard InChI is InChI=1S/C14H20FNO/c1-10-4-5-11(15)8-12(10)13(16)9-14(17-2)6-3-7-14/h4-5,8,13H,3,6-7,9,16H2,1-2H3. The van der Waals surface area contributed by atoms with Gasteiger partial charge in [0.2, 0.25) is 0 Å². The molecular formula is C14H20FNO. The average molecular weight is 237 g/mol. The second-order valence-electron chi connectivity index (χ2n) is 5.05. The lowest BCUT2D eigenvalue weighted by Crippen LogP contribution is -2.42. The predicted molar refractivity (Wildman–Crippen MR) is 66.3 cm³/mol. The van der Waals surface area contributed by atoms with E-state index in [1.165, 1.54) is 12.5 Å². The van der Waals surface area contributed by atoms with Gasteiger partial charge in [0.1, 0.15) is 5.82 Å². The lowest BCUT2D eigenvalue weighted by atomic mass is 9.74. The summed E-state index contributed by atoms with van der Waals surface area (Å²) in [6.45, 7) is 1.97. The second-order valence-corrected chi connectivity index (χ2v) is 5.05. The van der Waals surface area contributed by atoms with Gasteiger partial charge in [0.05, 0.1) is 5.60 Å². The van der Waals surface area contributed by atoms with Gasteiger partial charge in [-0.15, -0.1) is 0 Å². The van der Waals surface area contributed by atoms with Crippen molar-refractivity contribution < 1.29 is 9.13 Å². The predicted octanol–water partition coefficient (Wildman–Crippen LogP) is 3.09. The summed E-state index contributed by atoms with van der Waals surface area (Å²) in [6, 6.07) is 4.65. The van der Waals surface area contributed by atoms with Crippen LogP contribution in [0.2, 0.25) is 0 Å². The molecule has 0 radical (unpaired) electrons. The first-order chi connectivity index (χ1) is 8.06. The number of rotatable bonds is 4. The van der Waals surface area contributed by atoms with Crippen molar-refractivity contribution in [3.63, 3.8) is 0 Å². The van der Waals surface area contributed by atoms with Crippen LogP contribution < -0.4 is 5.73 Å². The first-order valence-electron chi connectivity index (χ1n) is 6.13. The smallest absolute Gasteiger partial charge is 0.123 e. The summed E-state index contributed by atoms with van der Waals surface area (Å²) < 4.78 is 18.8. The van der Waals surface area contributed by atoms with E-state index in [1.54, 1.807) is 19.2 Å². The minimum absolute atomic E-state index is 0.0713. The summed E-state index contributed by atoms with van der Waals surface area (Å²) in [5.41, 5.74) is 8.06. The van der Waals surface area contributed by atoms with Crippen LogP contribution >= 0.6 is 0 Å². The normalized spacial score (nSPS) is 19.8. The Labute approximate surface area is 102 Å². The van der Waals surface area contributed by atoms with Crippen LogP contribution in [0.1, 0.15) is 42.9 Å². The van der Waals surface area contributed by atoms with Gasteiger partial charge < -0.3 is 10.5 Å². The minimum atomic E-state index is -0.221. The monoisotopic (exact) mass is 237 g/mol. The highest BCUT2D eigenvalue weighted by atomic mass is 19.1. The molecule has 94 valence electrons. The molecule has 1 atom stereocenters. The third kappa shape index (κ3) is 2.50. The van der Waals surface area contributed by atoms with Crippen LogP contribution in [0, 0.1) is 12.7 Å². The van der Waals surface area contributed by atoms with Crippen molar-refractivity contribution in [3.05, 3.63) is 35.1 Å². The van der Waals surface area contributed by atoms with Crippen molar-refractivity contribution in [2.24, 2.45) is 5.73 Å². The van der Waals surface area contributed by atoms with Crippen molar-refractivity contribution in [1.29, 1.82) is 0 Å². The fraction of sp³-hybridized carbons (Fsp3) is 0.571. The molecule has 1 saturated carbocycles. The van der Waals surface area contributed by atoms with Gasteiger partial charge >= 0.3 is 0 Å². The number of nitrogens with two attached hydrogens (primary N) is 1. The molecule has 0 amide bonds. The van der Waals surface area contributed by atoms with Crippen molar-refractivity contribution in [2.75, 3.05) is 7.11 Å². The van der Waals surface area contributed by atoms with E-state index in [-0.39, 0.29) is 17.5 Å². The largest absolute Gasteiger partial charge is 0.378 e. The number of hydrogen-bond donors (Lipinski definition) is 1. The first-order valence-corrected chi connectivity index (χ1v) is 6.13. The fourth-order valence-corrected chi connectivity index (χ4v) is 2.58. The van der Waals surface area contributed by atoms with Crippen LogP contribution in [0.25, 0.3) is 0 Å². The van der Waals surface area contributed by atoms with Crippen molar-refractivity contribution in [3.8, 4) is 0 Å². The highest BCUT2D eigenvalue weighted by Gasteiger charge is 2.38. The molecule has 1 aliphatic carbocycles. The summed E-state index contributed by atoms with van der Waals surface area (Å²) in [5, 5.41) is 0. The highest BCUT2D eigenvalue weighted by molar-refractivity contribution is 5.29. The molecule has 0 heterocycles. The SMILES string of the molecule is COC1(CC(N)c2cc(F)ccc2C)CCC1. The van der Waals surface area contributed by atoms with Gasteiger partial charge in [-0.05, 0) is 55.9 Å². The molecule has 3 heteroatoms. The van der Waals surface area contributed by atoms with Gasteiger partial charge in [-0.1, -0.05) is 6.07 Å². The Morgan fingerprint density at radius 2 is 2.18 bits per heavy atom. The van der Waals surface area contributed by atoms with Crippen molar-refractivity contribution in [1.82, 2.24) is 0 Å². The number of ether oxygens (including phenoxy) is 1. The maximum absolute atomic E-state index is 13.2. The highest BCUT2D eigenvalue weighted by Crippen LogP contribution is 2.41. The zero-order valence-electron chi connectivity index (χ0n) is 10.5. The van der Waals surface area contributed by atoms with Gasteiger partial charge in [0.25, 0.3) is 0 Å². The Bertz CT molecular complexity index is 396. The van der Waals surface area contributed by atoms with Crippen LogP contribution in [0.5, 0.6) is 0 Å². The molecule has 1 aromatic rings. The molecule has 2 rings (SSSR count). The topological polar surface area (TPSA) is 35.2 Å². The Hall–Kier alpha value is -0.930. The van der Waals surface area contributed by atoms with E-state index in [0.29, 0.717) is 0 Å². The number of halogens is 1. The van der Waals surface area contributed by atoms with E-state index in [9.17, 15) is 4.39 Å². The van der Waals surface area contributed by atoms with Crippen LogP contribution in [-0.2, 0) is 4.74 Å². The molecule has 0 aromatic heterocycles. The van der Waals surface area contributed by atoms with E-state index >= 15 is 0 Å². The van der Waals surface area contributed by atoms with Gasteiger partial charge in [0.15, 0.2) is 0 Å². The molecule has 0 saturated heterocycles. The third-order valence-electron chi connectivity index (χ3n) is 3.93. The molecule has 0 bridgehead atoms. The number of benzene rings is 1. The van der Waals surface area contributed by atoms with Gasteiger partial charge in [-0.25, -0.2) is 4.39 Å². The molecule has 0 spiro atoms. The zero-order valence-corrected chi connectivity index (χ0v) is 10.5. The van der Waals surface area contributed by atoms with Gasteiger partial charge in [0, 0.05) is 13.2 Å². The Kier molecular flexibility index (Phi) is 3.50. The quantitative estimate of drug-likeness (QED) is 0.873. The van der Waals surface area contributed by atoms with E-state index in [4.69, 9.17) is 10.5 Å². The summed E-state index contributed by atoms with van der Waals surface area (Å²) in [4.78, 5) is 0. The molecule has 1 aromatic carbocycles. The van der Waals surface area contributed by atoms with Gasteiger partial charge in [-0.3, -0.25) is 0 Å². The Morgan fingerprint density at radius 1 is 1.47 bits per heavy atom.